The Hall–Kier alpha value is -1.55. The van der Waals surface area contributed by atoms with Crippen LogP contribution in [0.15, 0.2) is 35.0 Å². The first kappa shape index (κ1) is 11.0. The normalized spacial score (nSPS) is 20.9. The highest BCUT2D eigenvalue weighted by Crippen LogP contribution is 2.11. The van der Waals surface area contributed by atoms with E-state index in [1.54, 1.807) is 12.1 Å². The van der Waals surface area contributed by atoms with Gasteiger partial charge < -0.3 is 4.42 Å². The van der Waals surface area contributed by atoms with Gasteiger partial charge in [0.25, 0.3) is 0 Å². The summed E-state index contributed by atoms with van der Waals surface area (Å²) >= 11 is 0. The van der Waals surface area contributed by atoms with Crippen LogP contribution in [0.2, 0.25) is 0 Å². The van der Waals surface area contributed by atoms with Crippen molar-refractivity contribution in [1.29, 1.82) is 0 Å². The standard InChI is InChI=1S/C12H16N2O2/c1-2-10-5-3-7-14(9-10)13-12(15)11-6-4-8-16-11/h3-6,8,10H,2,7,9H2,1H3,(H,13,15). The molecule has 86 valence electrons. The van der Waals surface area contributed by atoms with Crippen LogP contribution in [0, 0.1) is 5.92 Å². The third-order valence-corrected chi connectivity index (χ3v) is 2.72. The molecular weight excluding hydrogens is 204 g/mol. The van der Waals surface area contributed by atoms with Gasteiger partial charge in [0.1, 0.15) is 0 Å². The van der Waals surface area contributed by atoms with Gasteiger partial charge in [0.2, 0.25) is 0 Å². The van der Waals surface area contributed by atoms with Crippen molar-refractivity contribution >= 4 is 5.91 Å². The summed E-state index contributed by atoms with van der Waals surface area (Å²) in [5, 5.41) is 1.92. The number of nitrogens with zero attached hydrogens (tertiary/aromatic N) is 1. The Bertz CT molecular complexity index is 370. The number of furan rings is 1. The van der Waals surface area contributed by atoms with Crippen molar-refractivity contribution in [3.8, 4) is 0 Å². The first-order valence-electron chi connectivity index (χ1n) is 5.55. The van der Waals surface area contributed by atoms with E-state index in [1.165, 1.54) is 6.26 Å². The molecule has 1 unspecified atom stereocenters. The lowest BCUT2D eigenvalue weighted by molar-refractivity contribution is 0.0751. The minimum Gasteiger partial charge on any atom is -0.459 e. The summed E-state index contributed by atoms with van der Waals surface area (Å²) in [6.45, 7) is 3.76. The molecule has 1 N–H and O–H groups in total. The minimum atomic E-state index is -0.185. The minimum absolute atomic E-state index is 0.185. The van der Waals surface area contributed by atoms with Crippen molar-refractivity contribution in [2.24, 2.45) is 5.92 Å². The van der Waals surface area contributed by atoms with Crippen LogP contribution in [0.1, 0.15) is 23.9 Å². The zero-order valence-electron chi connectivity index (χ0n) is 9.35. The molecule has 0 bridgehead atoms. The lowest BCUT2D eigenvalue weighted by Gasteiger charge is -2.28. The molecule has 1 atom stereocenters. The molecule has 1 amide bonds. The van der Waals surface area contributed by atoms with Gasteiger partial charge in [0.05, 0.1) is 6.26 Å². The second-order valence-corrected chi connectivity index (χ2v) is 3.92. The molecule has 0 saturated heterocycles. The second-order valence-electron chi connectivity index (χ2n) is 3.92. The van der Waals surface area contributed by atoms with Crippen LogP contribution in [0.3, 0.4) is 0 Å². The summed E-state index contributed by atoms with van der Waals surface area (Å²) in [7, 11) is 0. The molecule has 0 aliphatic carbocycles. The number of carbonyl (C=O) groups excluding carboxylic acids is 1. The molecule has 1 aromatic rings. The van der Waals surface area contributed by atoms with E-state index in [-0.39, 0.29) is 5.91 Å². The van der Waals surface area contributed by atoms with Gasteiger partial charge in [0, 0.05) is 13.1 Å². The van der Waals surface area contributed by atoms with E-state index in [2.05, 4.69) is 24.5 Å². The van der Waals surface area contributed by atoms with Crippen LogP contribution in [-0.2, 0) is 0 Å². The van der Waals surface area contributed by atoms with Crippen LogP contribution in [-0.4, -0.2) is 24.0 Å². The van der Waals surface area contributed by atoms with Gasteiger partial charge in [-0.05, 0) is 24.5 Å². The lowest BCUT2D eigenvalue weighted by atomic mass is 10.0. The SMILES string of the molecule is CCC1C=CCN(NC(=O)c2ccco2)C1. The predicted octanol–water partition coefficient (Wildman–Crippen LogP) is 1.82. The topological polar surface area (TPSA) is 45.5 Å². The van der Waals surface area contributed by atoms with Crippen molar-refractivity contribution in [2.75, 3.05) is 13.1 Å². The van der Waals surface area contributed by atoms with Crippen molar-refractivity contribution in [3.05, 3.63) is 36.3 Å². The van der Waals surface area contributed by atoms with Crippen LogP contribution in [0.4, 0.5) is 0 Å². The number of hydrazine groups is 1. The Labute approximate surface area is 94.9 Å². The molecule has 2 rings (SSSR count). The molecule has 1 aliphatic rings. The predicted molar refractivity (Wildman–Crippen MR) is 60.7 cm³/mol. The highest BCUT2D eigenvalue weighted by Gasteiger charge is 2.17. The molecule has 2 heterocycles. The average molecular weight is 220 g/mol. The summed E-state index contributed by atoms with van der Waals surface area (Å²) < 4.78 is 5.03. The second kappa shape index (κ2) is 4.99. The molecule has 0 saturated carbocycles. The Kier molecular flexibility index (Phi) is 3.41. The van der Waals surface area contributed by atoms with Gasteiger partial charge >= 0.3 is 5.91 Å². The van der Waals surface area contributed by atoms with Gasteiger partial charge in [-0.3, -0.25) is 10.2 Å². The van der Waals surface area contributed by atoms with Gasteiger partial charge in [-0.25, -0.2) is 5.01 Å². The largest absolute Gasteiger partial charge is 0.459 e. The summed E-state index contributed by atoms with van der Waals surface area (Å²) in [4.78, 5) is 11.7. The van der Waals surface area contributed by atoms with Crippen molar-refractivity contribution in [1.82, 2.24) is 10.4 Å². The van der Waals surface area contributed by atoms with Crippen LogP contribution in [0.25, 0.3) is 0 Å². The Morgan fingerprint density at radius 1 is 1.69 bits per heavy atom. The molecule has 4 nitrogen and oxygen atoms in total. The number of rotatable bonds is 3. The van der Waals surface area contributed by atoms with E-state index in [4.69, 9.17) is 4.42 Å². The summed E-state index contributed by atoms with van der Waals surface area (Å²) in [6, 6.07) is 3.37. The molecule has 0 aromatic carbocycles. The first-order valence-corrected chi connectivity index (χ1v) is 5.55. The molecule has 1 aliphatic heterocycles. The Morgan fingerprint density at radius 2 is 2.56 bits per heavy atom. The van der Waals surface area contributed by atoms with E-state index >= 15 is 0 Å². The average Bonchev–Trinajstić information content (AvgIpc) is 2.83. The van der Waals surface area contributed by atoms with E-state index in [0.717, 1.165) is 19.5 Å². The maximum Gasteiger partial charge on any atom is 0.301 e. The van der Waals surface area contributed by atoms with Crippen molar-refractivity contribution in [3.63, 3.8) is 0 Å². The fourth-order valence-electron chi connectivity index (χ4n) is 1.76. The first-order chi connectivity index (χ1) is 7.79. The van der Waals surface area contributed by atoms with Crippen LogP contribution >= 0.6 is 0 Å². The number of carbonyl (C=O) groups is 1. The van der Waals surface area contributed by atoms with E-state index < -0.39 is 0 Å². The number of nitrogens with one attached hydrogen (secondary N) is 1. The number of hydrogen-bond acceptors (Lipinski definition) is 3. The highest BCUT2D eigenvalue weighted by molar-refractivity contribution is 5.90. The van der Waals surface area contributed by atoms with Crippen LogP contribution < -0.4 is 5.43 Å². The Balaban J connectivity index is 1.91. The molecular formula is C12H16N2O2. The van der Waals surface area contributed by atoms with E-state index in [0.29, 0.717) is 11.7 Å². The fourth-order valence-corrected chi connectivity index (χ4v) is 1.76. The van der Waals surface area contributed by atoms with Crippen LogP contribution in [0.5, 0.6) is 0 Å². The summed E-state index contributed by atoms with van der Waals surface area (Å²) in [5.74, 6) is 0.684. The molecule has 4 heteroatoms. The molecule has 0 spiro atoms. The maximum absolute atomic E-state index is 11.7. The third kappa shape index (κ3) is 2.52. The molecule has 0 radical (unpaired) electrons. The van der Waals surface area contributed by atoms with Gasteiger partial charge in [-0.15, -0.1) is 0 Å². The van der Waals surface area contributed by atoms with Gasteiger partial charge in [-0.2, -0.15) is 0 Å². The number of hydrogen-bond donors (Lipinski definition) is 1. The Morgan fingerprint density at radius 3 is 3.25 bits per heavy atom. The van der Waals surface area contributed by atoms with E-state index in [9.17, 15) is 4.79 Å². The summed E-state index contributed by atoms with van der Waals surface area (Å²) in [6.07, 6.45) is 6.87. The van der Waals surface area contributed by atoms with Gasteiger partial charge in [-0.1, -0.05) is 19.1 Å². The zero-order valence-corrected chi connectivity index (χ0v) is 9.35. The van der Waals surface area contributed by atoms with E-state index in [1.807, 2.05) is 5.01 Å². The quantitative estimate of drug-likeness (QED) is 0.790. The maximum atomic E-state index is 11.7. The monoisotopic (exact) mass is 220 g/mol. The number of amides is 1. The van der Waals surface area contributed by atoms with Crippen molar-refractivity contribution < 1.29 is 9.21 Å². The van der Waals surface area contributed by atoms with Gasteiger partial charge in [0.15, 0.2) is 5.76 Å². The molecule has 16 heavy (non-hydrogen) atoms. The highest BCUT2D eigenvalue weighted by atomic mass is 16.3. The summed E-state index contributed by atoms with van der Waals surface area (Å²) in [5.41, 5.74) is 2.83. The lowest BCUT2D eigenvalue weighted by Crippen LogP contribution is -2.46. The molecule has 0 fully saturated rings. The smallest absolute Gasteiger partial charge is 0.301 e. The van der Waals surface area contributed by atoms with Crippen molar-refractivity contribution in [2.45, 2.75) is 13.3 Å². The third-order valence-electron chi connectivity index (χ3n) is 2.72. The zero-order chi connectivity index (χ0) is 11.4. The fraction of sp³-hybridized carbons (Fsp3) is 0.417. The molecule has 1 aromatic heterocycles.